The molecule has 0 aliphatic rings. The van der Waals surface area contributed by atoms with E-state index in [0.29, 0.717) is 6.61 Å². The average Bonchev–Trinajstić information content (AvgIpc) is 2.25. The van der Waals surface area contributed by atoms with Crippen LogP contribution in [0.25, 0.3) is 0 Å². The molecule has 4 heteroatoms. The van der Waals surface area contributed by atoms with Crippen molar-refractivity contribution in [3.8, 4) is 0 Å². The van der Waals surface area contributed by atoms with E-state index in [1.54, 1.807) is 0 Å². The van der Waals surface area contributed by atoms with Crippen molar-refractivity contribution < 1.29 is 33.5 Å². The van der Waals surface area contributed by atoms with Gasteiger partial charge in [0, 0.05) is 13.3 Å². The Kier molecular flexibility index (Phi) is 11.3. The van der Waals surface area contributed by atoms with Gasteiger partial charge in [-0.25, -0.2) is 4.79 Å². The summed E-state index contributed by atoms with van der Waals surface area (Å²) >= 11 is 0. The fourth-order valence-corrected chi connectivity index (χ4v) is 4.31. The first kappa shape index (κ1) is 17.8. The molecular formula is C11H22IO2P. The summed E-state index contributed by atoms with van der Waals surface area (Å²) in [4.78, 5) is 10.8. The number of esters is 1. The van der Waals surface area contributed by atoms with Gasteiger partial charge >= 0.3 is 5.97 Å². The van der Waals surface area contributed by atoms with Gasteiger partial charge in [-0.2, -0.15) is 0 Å². The van der Waals surface area contributed by atoms with Gasteiger partial charge in [-0.05, 0) is 20.8 Å². The summed E-state index contributed by atoms with van der Waals surface area (Å²) in [6.45, 7) is 10.7. The van der Waals surface area contributed by atoms with E-state index < -0.39 is 7.26 Å². The molecule has 2 nitrogen and oxygen atoms in total. The van der Waals surface area contributed by atoms with Gasteiger partial charge in [-0.3, -0.25) is 0 Å². The maximum atomic E-state index is 10.8. The van der Waals surface area contributed by atoms with Crippen LogP contribution in [0.4, 0.5) is 0 Å². The summed E-state index contributed by atoms with van der Waals surface area (Å²) in [6, 6.07) is 0. The van der Waals surface area contributed by atoms with Gasteiger partial charge < -0.3 is 28.7 Å². The molecule has 0 radical (unpaired) electrons. The second-order valence-corrected chi connectivity index (χ2v) is 8.41. The highest BCUT2D eigenvalue weighted by atomic mass is 127. The van der Waals surface area contributed by atoms with Crippen molar-refractivity contribution >= 4 is 13.2 Å². The highest BCUT2D eigenvalue weighted by Crippen LogP contribution is 2.57. The zero-order valence-electron chi connectivity index (χ0n) is 9.96. The van der Waals surface area contributed by atoms with Gasteiger partial charge in [-0.15, -0.1) is 0 Å². The lowest BCUT2D eigenvalue weighted by atomic mass is 10.6. The zero-order valence-corrected chi connectivity index (χ0v) is 13.0. The smallest absolute Gasteiger partial charge is 0.330 e. The summed E-state index contributed by atoms with van der Waals surface area (Å²) in [5, 5.41) is 0. The lowest BCUT2D eigenvalue weighted by Crippen LogP contribution is -3.00. The Hall–Kier alpha value is 0.370. The number of carbonyl (C=O) groups excluding carboxylic acids is 1. The topological polar surface area (TPSA) is 26.3 Å². The van der Waals surface area contributed by atoms with E-state index >= 15 is 0 Å². The molecule has 0 aliphatic carbocycles. The normalized spacial score (nSPS) is 10.3. The number of ether oxygens (including phenoxy) is 1. The maximum absolute atomic E-state index is 10.8. The van der Waals surface area contributed by atoms with Crippen LogP contribution in [0.1, 0.15) is 20.8 Å². The SMILES string of the molecule is C=CC(=O)OCC[P+](CC)(CC)CC.[I-]. The van der Waals surface area contributed by atoms with Gasteiger partial charge in [0.15, 0.2) is 0 Å². The summed E-state index contributed by atoms with van der Waals surface area (Å²) in [6.07, 6.45) is 6.06. The predicted octanol–water partition coefficient (Wildman–Crippen LogP) is -0.203. The van der Waals surface area contributed by atoms with Crippen molar-refractivity contribution in [2.45, 2.75) is 20.8 Å². The van der Waals surface area contributed by atoms with Crippen LogP contribution in [0.15, 0.2) is 12.7 Å². The number of rotatable bonds is 7. The Morgan fingerprint density at radius 2 is 1.73 bits per heavy atom. The third-order valence-corrected chi connectivity index (χ3v) is 8.15. The summed E-state index contributed by atoms with van der Waals surface area (Å²) in [5.74, 6) is -0.300. The van der Waals surface area contributed by atoms with E-state index in [1.165, 1.54) is 24.6 Å². The Balaban J connectivity index is 0. The fourth-order valence-electron chi connectivity index (χ4n) is 1.54. The summed E-state index contributed by atoms with van der Waals surface area (Å²) in [5.41, 5.74) is 0. The Morgan fingerprint density at radius 1 is 1.27 bits per heavy atom. The Labute approximate surface area is 111 Å². The van der Waals surface area contributed by atoms with E-state index in [1.807, 2.05) is 0 Å². The monoisotopic (exact) mass is 344 g/mol. The Bertz CT molecular complexity index is 183. The molecule has 0 atom stereocenters. The quantitative estimate of drug-likeness (QED) is 0.277. The molecule has 0 N–H and O–H groups in total. The van der Waals surface area contributed by atoms with Crippen LogP contribution in [0.5, 0.6) is 0 Å². The highest BCUT2D eigenvalue weighted by molar-refractivity contribution is 7.75. The molecule has 0 aromatic rings. The first-order valence-corrected chi connectivity index (χ1v) is 7.81. The van der Waals surface area contributed by atoms with Gasteiger partial charge in [0.05, 0.1) is 24.6 Å². The van der Waals surface area contributed by atoms with E-state index in [9.17, 15) is 4.79 Å². The second-order valence-electron chi connectivity index (χ2n) is 3.39. The molecule has 0 amide bonds. The van der Waals surface area contributed by atoms with E-state index in [4.69, 9.17) is 4.74 Å². The molecule has 0 fully saturated rings. The molecule has 0 aromatic heterocycles. The molecule has 90 valence electrons. The molecule has 0 bridgehead atoms. The van der Waals surface area contributed by atoms with Gasteiger partial charge in [0.25, 0.3) is 0 Å². The third-order valence-electron chi connectivity index (χ3n) is 2.99. The first-order chi connectivity index (χ1) is 6.64. The minimum Gasteiger partial charge on any atom is -1.00 e. The van der Waals surface area contributed by atoms with E-state index in [2.05, 4.69) is 27.4 Å². The molecule has 0 aliphatic heterocycles. The van der Waals surface area contributed by atoms with Crippen LogP contribution >= 0.6 is 7.26 Å². The molecule has 0 aromatic carbocycles. The molecule has 0 rings (SSSR count). The van der Waals surface area contributed by atoms with Crippen molar-refractivity contribution in [3.05, 3.63) is 12.7 Å². The van der Waals surface area contributed by atoms with Crippen molar-refractivity contribution in [2.75, 3.05) is 31.3 Å². The predicted molar refractivity (Wildman–Crippen MR) is 64.6 cm³/mol. The number of hydrogen-bond donors (Lipinski definition) is 0. The van der Waals surface area contributed by atoms with Crippen molar-refractivity contribution in [1.82, 2.24) is 0 Å². The molecule has 0 saturated carbocycles. The fraction of sp³-hybridized carbons (Fsp3) is 0.727. The second kappa shape index (κ2) is 9.59. The van der Waals surface area contributed by atoms with Crippen molar-refractivity contribution in [2.24, 2.45) is 0 Å². The first-order valence-electron chi connectivity index (χ1n) is 5.28. The lowest BCUT2D eigenvalue weighted by molar-refractivity contribution is -0.137. The minimum atomic E-state index is -0.817. The van der Waals surface area contributed by atoms with Crippen LogP contribution < -0.4 is 24.0 Å². The van der Waals surface area contributed by atoms with E-state index in [0.717, 1.165) is 6.16 Å². The van der Waals surface area contributed by atoms with Gasteiger partial charge in [-0.1, -0.05) is 6.58 Å². The van der Waals surface area contributed by atoms with Gasteiger partial charge in [0.1, 0.15) is 6.61 Å². The standard InChI is InChI=1S/C11H22O2P.HI/c1-5-11(12)13-9-10-14(6-2,7-3)8-4;/h5H,1,6-10H2,2-4H3;1H/q+1;/p-1. The maximum Gasteiger partial charge on any atom is 0.330 e. The molecular weight excluding hydrogens is 322 g/mol. The minimum absolute atomic E-state index is 0. The molecule has 0 heterocycles. The average molecular weight is 344 g/mol. The lowest BCUT2D eigenvalue weighted by Gasteiger charge is -2.22. The van der Waals surface area contributed by atoms with Crippen LogP contribution in [0, 0.1) is 0 Å². The van der Waals surface area contributed by atoms with Gasteiger partial charge in [0.2, 0.25) is 0 Å². The van der Waals surface area contributed by atoms with Crippen molar-refractivity contribution in [1.29, 1.82) is 0 Å². The van der Waals surface area contributed by atoms with Crippen LogP contribution in [-0.4, -0.2) is 37.2 Å². The van der Waals surface area contributed by atoms with Crippen LogP contribution in [0.2, 0.25) is 0 Å². The van der Waals surface area contributed by atoms with E-state index in [-0.39, 0.29) is 29.9 Å². The molecule has 15 heavy (non-hydrogen) atoms. The molecule has 0 unspecified atom stereocenters. The van der Waals surface area contributed by atoms with Crippen molar-refractivity contribution in [3.63, 3.8) is 0 Å². The Morgan fingerprint density at radius 3 is 2.07 bits per heavy atom. The largest absolute Gasteiger partial charge is 1.00 e. The zero-order chi connectivity index (χ0) is 11.0. The molecule has 0 spiro atoms. The number of carbonyl (C=O) groups is 1. The third kappa shape index (κ3) is 6.52. The van der Waals surface area contributed by atoms with Crippen LogP contribution in [-0.2, 0) is 9.53 Å². The summed E-state index contributed by atoms with van der Waals surface area (Å²) < 4.78 is 5.02. The van der Waals surface area contributed by atoms with Crippen LogP contribution in [0.3, 0.4) is 0 Å². The number of halogens is 1. The highest BCUT2D eigenvalue weighted by Gasteiger charge is 2.30. The molecule has 0 saturated heterocycles. The summed E-state index contributed by atoms with van der Waals surface area (Å²) in [7, 11) is -0.817. The number of hydrogen-bond acceptors (Lipinski definition) is 2.